The predicted octanol–water partition coefficient (Wildman–Crippen LogP) is 3.65. The van der Waals surface area contributed by atoms with Crippen molar-refractivity contribution in [2.45, 2.75) is 51.0 Å². The van der Waals surface area contributed by atoms with Gasteiger partial charge in [0.25, 0.3) is 0 Å². The molecular formula is C20H30BrN2O3S-. The summed E-state index contributed by atoms with van der Waals surface area (Å²) in [5, 5.41) is 0. The second-order valence-corrected chi connectivity index (χ2v) is 9.54. The van der Waals surface area contributed by atoms with Crippen molar-refractivity contribution in [2.24, 2.45) is 11.8 Å². The lowest BCUT2D eigenvalue weighted by molar-refractivity contribution is 0.245. The first-order valence-corrected chi connectivity index (χ1v) is 11.8. The maximum Gasteiger partial charge on any atom is 0.119 e. The first-order chi connectivity index (χ1) is 13.0. The van der Waals surface area contributed by atoms with E-state index < -0.39 is 11.3 Å². The number of ether oxygens (including phenoxy) is 1. The molecule has 27 heavy (non-hydrogen) atoms. The Labute approximate surface area is 173 Å². The van der Waals surface area contributed by atoms with E-state index in [-0.39, 0.29) is 6.04 Å². The highest BCUT2D eigenvalue weighted by molar-refractivity contribution is 9.10. The van der Waals surface area contributed by atoms with Crippen molar-refractivity contribution in [3.63, 3.8) is 0 Å². The van der Waals surface area contributed by atoms with Crippen molar-refractivity contribution < 1.29 is 13.5 Å². The second kappa shape index (κ2) is 10.3. The van der Waals surface area contributed by atoms with E-state index >= 15 is 0 Å². The van der Waals surface area contributed by atoms with Gasteiger partial charge in [-0.05, 0) is 93.6 Å². The largest absolute Gasteiger partial charge is 0.760 e. The standard InChI is InChI=1S/C20H31BrN2O3S/c1-26-19-6-7-20(21)17(13-19)12-16-9-11-23(14-16)10-8-15-2-4-18(5-3-15)22-27(24)25/h6-7,13,15-16,18,22H,2-5,8-12,14H2,1H3,(H,24,25)/p-1. The van der Waals surface area contributed by atoms with Gasteiger partial charge in [0, 0.05) is 28.3 Å². The van der Waals surface area contributed by atoms with E-state index in [4.69, 9.17) is 4.74 Å². The monoisotopic (exact) mass is 457 g/mol. The lowest BCUT2D eigenvalue weighted by atomic mass is 9.84. The van der Waals surface area contributed by atoms with Gasteiger partial charge in [0.2, 0.25) is 0 Å². The summed E-state index contributed by atoms with van der Waals surface area (Å²) in [4.78, 5) is 2.61. The SMILES string of the molecule is COc1ccc(Br)c(CC2CCN(CCC3CCC(NS(=O)[O-])CC3)C2)c1. The molecule has 2 unspecified atom stereocenters. The van der Waals surface area contributed by atoms with Crippen LogP contribution < -0.4 is 9.46 Å². The molecule has 1 N–H and O–H groups in total. The molecule has 1 aromatic carbocycles. The summed E-state index contributed by atoms with van der Waals surface area (Å²) >= 11 is 1.55. The number of nitrogens with one attached hydrogen (secondary N) is 1. The minimum atomic E-state index is -2.12. The van der Waals surface area contributed by atoms with Gasteiger partial charge in [-0.3, -0.25) is 4.21 Å². The lowest BCUT2D eigenvalue weighted by Gasteiger charge is -2.30. The van der Waals surface area contributed by atoms with Gasteiger partial charge < -0.3 is 14.2 Å². The molecule has 1 aliphatic heterocycles. The number of likely N-dealkylation sites (tertiary alicyclic amines) is 1. The van der Waals surface area contributed by atoms with Gasteiger partial charge in [0.1, 0.15) is 5.75 Å². The van der Waals surface area contributed by atoms with Crippen LogP contribution in [0.3, 0.4) is 0 Å². The molecule has 152 valence electrons. The topological polar surface area (TPSA) is 64.6 Å². The molecular weight excluding hydrogens is 428 g/mol. The maximum absolute atomic E-state index is 10.7. The smallest absolute Gasteiger partial charge is 0.119 e. The number of hydrogen-bond donors (Lipinski definition) is 1. The highest BCUT2D eigenvalue weighted by Gasteiger charge is 2.26. The Bertz CT molecular complexity index is 638. The summed E-state index contributed by atoms with van der Waals surface area (Å²) in [6.07, 6.45) is 7.83. The van der Waals surface area contributed by atoms with Gasteiger partial charge in [0.15, 0.2) is 0 Å². The summed E-state index contributed by atoms with van der Waals surface area (Å²) < 4.78 is 30.6. The summed E-state index contributed by atoms with van der Waals surface area (Å²) in [7, 11) is 1.72. The van der Waals surface area contributed by atoms with Crippen molar-refractivity contribution in [3.8, 4) is 5.75 Å². The van der Waals surface area contributed by atoms with Crippen LogP contribution >= 0.6 is 15.9 Å². The Morgan fingerprint density at radius 3 is 2.74 bits per heavy atom. The molecule has 3 rings (SSSR count). The van der Waals surface area contributed by atoms with E-state index in [1.165, 1.54) is 42.5 Å². The summed E-state index contributed by atoms with van der Waals surface area (Å²) in [6.45, 7) is 3.54. The molecule has 7 heteroatoms. The predicted molar refractivity (Wildman–Crippen MR) is 111 cm³/mol. The zero-order chi connectivity index (χ0) is 19.2. The molecule has 0 amide bonds. The van der Waals surface area contributed by atoms with Crippen LogP contribution in [0.4, 0.5) is 0 Å². The lowest BCUT2D eigenvalue weighted by Crippen LogP contribution is -2.35. The average molecular weight is 458 g/mol. The molecule has 0 bridgehead atoms. The van der Waals surface area contributed by atoms with Gasteiger partial charge in [0.05, 0.1) is 7.11 Å². The van der Waals surface area contributed by atoms with Gasteiger partial charge in [-0.15, -0.1) is 0 Å². The van der Waals surface area contributed by atoms with Crippen LogP contribution in [0.2, 0.25) is 0 Å². The molecule has 0 spiro atoms. The minimum Gasteiger partial charge on any atom is -0.760 e. The van der Waals surface area contributed by atoms with Gasteiger partial charge >= 0.3 is 0 Å². The van der Waals surface area contributed by atoms with E-state index in [1.807, 2.05) is 6.07 Å². The number of benzene rings is 1. The molecule has 1 aromatic rings. The van der Waals surface area contributed by atoms with Crippen molar-refractivity contribution in [1.82, 2.24) is 9.62 Å². The quantitative estimate of drug-likeness (QED) is 0.604. The summed E-state index contributed by atoms with van der Waals surface area (Å²) in [6, 6.07) is 6.37. The number of nitrogens with zero attached hydrogens (tertiary/aromatic N) is 1. The van der Waals surface area contributed by atoms with E-state index in [0.29, 0.717) is 5.92 Å². The molecule has 0 radical (unpaired) electrons. The maximum atomic E-state index is 10.7. The van der Waals surface area contributed by atoms with Crippen molar-refractivity contribution in [1.29, 1.82) is 0 Å². The van der Waals surface area contributed by atoms with Crippen LogP contribution in [0.15, 0.2) is 22.7 Å². The molecule has 1 aliphatic carbocycles. The van der Waals surface area contributed by atoms with Crippen molar-refractivity contribution in [2.75, 3.05) is 26.7 Å². The van der Waals surface area contributed by atoms with Crippen LogP contribution in [0.25, 0.3) is 0 Å². The zero-order valence-electron chi connectivity index (χ0n) is 16.0. The second-order valence-electron chi connectivity index (χ2n) is 7.98. The molecule has 2 atom stereocenters. The molecule has 0 aromatic heterocycles. The Kier molecular flexibility index (Phi) is 8.14. The normalized spacial score (nSPS) is 27.6. The van der Waals surface area contributed by atoms with Crippen LogP contribution in [0.5, 0.6) is 5.75 Å². The van der Waals surface area contributed by atoms with Crippen molar-refractivity contribution in [3.05, 3.63) is 28.2 Å². The number of hydrogen-bond acceptors (Lipinski definition) is 4. The molecule has 5 nitrogen and oxygen atoms in total. The van der Waals surface area contributed by atoms with Gasteiger partial charge in [-0.1, -0.05) is 15.9 Å². The van der Waals surface area contributed by atoms with Crippen LogP contribution in [-0.2, 0) is 17.7 Å². The average Bonchev–Trinajstić information content (AvgIpc) is 3.10. The summed E-state index contributed by atoms with van der Waals surface area (Å²) in [5.41, 5.74) is 1.34. The van der Waals surface area contributed by atoms with Crippen LogP contribution in [0, 0.1) is 11.8 Å². The Morgan fingerprint density at radius 2 is 2.04 bits per heavy atom. The van der Waals surface area contributed by atoms with Crippen LogP contribution in [0.1, 0.15) is 44.1 Å². The Morgan fingerprint density at radius 1 is 1.26 bits per heavy atom. The fourth-order valence-corrected chi connectivity index (χ4v) is 5.41. The fraction of sp³-hybridized carbons (Fsp3) is 0.700. The molecule has 2 aliphatic rings. The van der Waals surface area contributed by atoms with Gasteiger partial charge in [-0.2, -0.15) is 0 Å². The number of rotatable bonds is 8. The number of methoxy groups -OCH3 is 1. The minimum absolute atomic E-state index is 0.150. The third-order valence-electron chi connectivity index (χ3n) is 6.09. The highest BCUT2D eigenvalue weighted by Crippen LogP contribution is 2.30. The molecule has 1 saturated heterocycles. The summed E-state index contributed by atoms with van der Waals surface area (Å²) in [5.74, 6) is 2.38. The Hall–Kier alpha value is -0.470. The van der Waals surface area contributed by atoms with E-state index in [2.05, 4.69) is 37.7 Å². The first kappa shape index (κ1) is 21.2. The highest BCUT2D eigenvalue weighted by atomic mass is 79.9. The molecule has 1 heterocycles. The van der Waals surface area contributed by atoms with Crippen molar-refractivity contribution >= 4 is 27.2 Å². The third-order valence-corrected chi connectivity index (χ3v) is 7.39. The number of halogens is 1. The third kappa shape index (κ3) is 6.53. The van der Waals surface area contributed by atoms with E-state index in [0.717, 1.165) is 43.8 Å². The van der Waals surface area contributed by atoms with E-state index in [1.54, 1.807) is 7.11 Å². The van der Waals surface area contributed by atoms with E-state index in [9.17, 15) is 8.76 Å². The fourth-order valence-electron chi connectivity index (χ4n) is 4.50. The zero-order valence-corrected chi connectivity index (χ0v) is 18.4. The molecule has 2 fully saturated rings. The first-order valence-electron chi connectivity index (χ1n) is 9.93. The van der Waals surface area contributed by atoms with Crippen LogP contribution in [-0.4, -0.2) is 46.4 Å². The van der Waals surface area contributed by atoms with Gasteiger partial charge in [-0.25, -0.2) is 4.72 Å². The Balaban J connectivity index is 1.39. The molecule has 1 saturated carbocycles.